The first-order chi connectivity index (χ1) is 13.3. The second kappa shape index (κ2) is 8.32. The number of carboxylic acids is 1. The van der Waals surface area contributed by atoms with Crippen LogP contribution in [0.1, 0.15) is 29.7 Å². The number of rotatable bonds is 5. The molecular formula is C21H23F3N2O2. The first-order valence-electron chi connectivity index (χ1n) is 9.17. The molecule has 1 aliphatic heterocycles. The van der Waals surface area contributed by atoms with E-state index in [4.69, 9.17) is 5.11 Å². The smallest absolute Gasteiger partial charge is 0.416 e. The van der Waals surface area contributed by atoms with Crippen LogP contribution in [0.4, 0.5) is 13.2 Å². The molecule has 0 bridgehead atoms. The van der Waals surface area contributed by atoms with E-state index in [2.05, 4.69) is 4.90 Å². The van der Waals surface area contributed by atoms with E-state index in [1.165, 1.54) is 12.1 Å². The van der Waals surface area contributed by atoms with Crippen LogP contribution in [0.5, 0.6) is 0 Å². The highest BCUT2D eigenvalue weighted by atomic mass is 19.4. The fourth-order valence-corrected chi connectivity index (χ4v) is 3.80. The van der Waals surface area contributed by atoms with Gasteiger partial charge in [-0.3, -0.25) is 14.6 Å². The predicted octanol–water partition coefficient (Wildman–Crippen LogP) is 3.89. The van der Waals surface area contributed by atoms with Crippen molar-refractivity contribution in [3.8, 4) is 0 Å². The zero-order valence-corrected chi connectivity index (χ0v) is 15.6. The van der Waals surface area contributed by atoms with Crippen LogP contribution in [0, 0.1) is 0 Å². The van der Waals surface area contributed by atoms with Gasteiger partial charge in [0.25, 0.3) is 0 Å². The summed E-state index contributed by atoms with van der Waals surface area (Å²) in [6, 6.07) is 14.6. The van der Waals surface area contributed by atoms with E-state index in [9.17, 15) is 18.0 Å². The average molecular weight is 392 g/mol. The Morgan fingerprint density at radius 3 is 2.39 bits per heavy atom. The molecule has 2 aromatic carbocycles. The maximum absolute atomic E-state index is 13.2. The number of carbonyl (C=O) groups is 1. The Morgan fingerprint density at radius 1 is 1.11 bits per heavy atom. The molecule has 0 saturated carbocycles. The van der Waals surface area contributed by atoms with Crippen LogP contribution in [0.2, 0.25) is 0 Å². The number of aliphatic carboxylic acids is 1. The summed E-state index contributed by atoms with van der Waals surface area (Å²) in [4.78, 5) is 15.1. The van der Waals surface area contributed by atoms with Crippen LogP contribution in [-0.2, 0) is 11.0 Å². The second-order valence-corrected chi connectivity index (χ2v) is 7.14. The minimum atomic E-state index is -4.40. The molecular weight excluding hydrogens is 369 g/mol. The molecule has 1 fully saturated rings. The fraction of sp³-hybridized carbons (Fsp3) is 0.381. The molecule has 4 nitrogen and oxygen atoms in total. The number of alkyl halides is 3. The maximum Gasteiger partial charge on any atom is 0.416 e. The maximum atomic E-state index is 13.2. The van der Waals surface area contributed by atoms with Gasteiger partial charge in [-0.1, -0.05) is 42.5 Å². The lowest BCUT2D eigenvalue weighted by Crippen LogP contribution is -2.54. The van der Waals surface area contributed by atoms with E-state index in [1.807, 2.05) is 42.2 Å². The first-order valence-corrected chi connectivity index (χ1v) is 9.17. The van der Waals surface area contributed by atoms with Gasteiger partial charge in [0.05, 0.1) is 18.2 Å². The lowest BCUT2D eigenvalue weighted by molar-refractivity contribution is -0.139. The third kappa shape index (κ3) is 4.72. The highest BCUT2D eigenvalue weighted by molar-refractivity contribution is 5.69. The van der Waals surface area contributed by atoms with Crippen molar-refractivity contribution >= 4 is 5.97 Å². The van der Waals surface area contributed by atoms with Crippen molar-refractivity contribution in [3.63, 3.8) is 0 Å². The van der Waals surface area contributed by atoms with Crippen LogP contribution in [0.15, 0.2) is 54.6 Å². The molecule has 0 amide bonds. The standard InChI is InChI=1S/C21H23F3N2O2/c1-15-13-26(11-10-25(15)14-19(27)28)20(16-6-3-2-4-7-16)17-8-5-9-18(12-17)21(22,23)24/h2-9,12,15,20H,10-11,13-14H2,1H3,(H,27,28)/t15-,20?/m1/s1. The van der Waals surface area contributed by atoms with E-state index in [1.54, 1.807) is 6.07 Å². The summed E-state index contributed by atoms with van der Waals surface area (Å²) in [5, 5.41) is 9.06. The first kappa shape index (κ1) is 20.4. The Morgan fingerprint density at radius 2 is 1.79 bits per heavy atom. The Balaban J connectivity index is 1.93. The molecule has 1 N–H and O–H groups in total. The summed E-state index contributed by atoms with van der Waals surface area (Å²) in [6.45, 7) is 3.62. The van der Waals surface area contributed by atoms with Crippen molar-refractivity contribution in [1.29, 1.82) is 0 Å². The third-order valence-corrected chi connectivity index (χ3v) is 5.15. The zero-order valence-electron chi connectivity index (χ0n) is 15.6. The Kier molecular flexibility index (Phi) is 6.05. The number of halogens is 3. The highest BCUT2D eigenvalue weighted by Gasteiger charge is 2.34. The van der Waals surface area contributed by atoms with Crippen LogP contribution in [-0.4, -0.2) is 53.1 Å². The topological polar surface area (TPSA) is 43.8 Å². The lowest BCUT2D eigenvalue weighted by atomic mass is 9.94. The van der Waals surface area contributed by atoms with E-state index in [0.717, 1.165) is 11.6 Å². The Hall–Kier alpha value is -2.38. The van der Waals surface area contributed by atoms with Crippen molar-refractivity contribution in [2.24, 2.45) is 0 Å². The summed E-state index contributed by atoms with van der Waals surface area (Å²) >= 11 is 0. The quantitative estimate of drug-likeness (QED) is 0.839. The fourth-order valence-electron chi connectivity index (χ4n) is 3.80. The number of hydrogen-bond acceptors (Lipinski definition) is 3. The van der Waals surface area contributed by atoms with Gasteiger partial charge in [-0.15, -0.1) is 0 Å². The molecule has 1 heterocycles. The van der Waals surface area contributed by atoms with Gasteiger partial charge in [0.2, 0.25) is 0 Å². The lowest BCUT2D eigenvalue weighted by Gasteiger charge is -2.43. The van der Waals surface area contributed by atoms with Crippen LogP contribution in [0.25, 0.3) is 0 Å². The zero-order chi connectivity index (χ0) is 20.3. The molecule has 2 atom stereocenters. The van der Waals surface area contributed by atoms with Crippen LogP contribution >= 0.6 is 0 Å². The molecule has 0 aromatic heterocycles. The number of nitrogens with zero attached hydrogens (tertiary/aromatic N) is 2. The minimum absolute atomic E-state index is 0.0122. The van der Waals surface area contributed by atoms with E-state index in [0.29, 0.717) is 25.2 Å². The van der Waals surface area contributed by atoms with E-state index < -0.39 is 17.7 Å². The average Bonchev–Trinajstić information content (AvgIpc) is 2.64. The van der Waals surface area contributed by atoms with Gasteiger partial charge in [-0.05, 0) is 30.2 Å². The van der Waals surface area contributed by atoms with Crippen molar-refractivity contribution in [2.45, 2.75) is 25.2 Å². The highest BCUT2D eigenvalue weighted by Crippen LogP contribution is 2.35. The van der Waals surface area contributed by atoms with Crippen molar-refractivity contribution in [3.05, 3.63) is 71.3 Å². The van der Waals surface area contributed by atoms with E-state index in [-0.39, 0.29) is 18.6 Å². The molecule has 1 saturated heterocycles. The Labute approximate surface area is 162 Å². The molecule has 1 unspecified atom stereocenters. The predicted molar refractivity (Wildman–Crippen MR) is 100.0 cm³/mol. The molecule has 3 rings (SSSR count). The van der Waals surface area contributed by atoms with Crippen molar-refractivity contribution < 1.29 is 23.1 Å². The summed E-state index contributed by atoms with van der Waals surface area (Å²) < 4.78 is 39.7. The monoisotopic (exact) mass is 392 g/mol. The molecule has 0 aliphatic carbocycles. The normalized spacial score (nSPS) is 20.1. The molecule has 28 heavy (non-hydrogen) atoms. The van der Waals surface area contributed by atoms with Crippen molar-refractivity contribution in [2.75, 3.05) is 26.2 Å². The van der Waals surface area contributed by atoms with Gasteiger partial charge in [0.15, 0.2) is 0 Å². The van der Waals surface area contributed by atoms with Gasteiger partial charge in [-0.2, -0.15) is 13.2 Å². The number of piperazine rings is 1. The summed E-state index contributed by atoms with van der Waals surface area (Å²) in [5.74, 6) is -0.877. The van der Waals surface area contributed by atoms with Gasteiger partial charge < -0.3 is 5.11 Å². The molecule has 0 spiro atoms. The molecule has 7 heteroatoms. The van der Waals surface area contributed by atoms with Gasteiger partial charge in [-0.25, -0.2) is 0 Å². The van der Waals surface area contributed by atoms with Crippen LogP contribution < -0.4 is 0 Å². The third-order valence-electron chi connectivity index (χ3n) is 5.15. The van der Waals surface area contributed by atoms with Crippen LogP contribution in [0.3, 0.4) is 0 Å². The molecule has 0 radical (unpaired) electrons. The second-order valence-electron chi connectivity index (χ2n) is 7.14. The summed E-state index contributed by atoms with van der Waals surface area (Å²) in [7, 11) is 0. The summed E-state index contributed by atoms with van der Waals surface area (Å²) in [5.41, 5.74) is 0.837. The Bertz CT molecular complexity index is 811. The van der Waals surface area contributed by atoms with Gasteiger partial charge >= 0.3 is 12.1 Å². The number of carboxylic acid groups (broad SMARTS) is 1. The SMILES string of the molecule is C[C@@H]1CN(C(c2ccccc2)c2cccc(C(F)(F)F)c2)CCN1CC(=O)O. The van der Waals surface area contributed by atoms with E-state index >= 15 is 0 Å². The van der Waals surface area contributed by atoms with Gasteiger partial charge in [0, 0.05) is 25.7 Å². The molecule has 2 aromatic rings. The molecule has 150 valence electrons. The van der Waals surface area contributed by atoms with Crippen molar-refractivity contribution in [1.82, 2.24) is 9.80 Å². The summed E-state index contributed by atoms with van der Waals surface area (Å²) in [6.07, 6.45) is -4.40. The minimum Gasteiger partial charge on any atom is -0.480 e. The number of benzene rings is 2. The number of hydrogen-bond donors (Lipinski definition) is 1. The van der Waals surface area contributed by atoms with Gasteiger partial charge in [0.1, 0.15) is 0 Å². The largest absolute Gasteiger partial charge is 0.480 e. The molecule has 1 aliphatic rings.